The number of aryl methyl sites for hydroxylation is 1. The highest BCUT2D eigenvalue weighted by molar-refractivity contribution is 7.11. The van der Waals surface area contributed by atoms with Gasteiger partial charge in [0.2, 0.25) is 0 Å². The first kappa shape index (κ1) is 11.9. The molecule has 19 heavy (non-hydrogen) atoms. The molecule has 0 fully saturated rings. The summed E-state index contributed by atoms with van der Waals surface area (Å²) in [7, 11) is 0. The Bertz CT molecular complexity index is 760. The molecule has 0 saturated carbocycles. The summed E-state index contributed by atoms with van der Waals surface area (Å²) in [5, 5.41) is 9.98. The highest BCUT2D eigenvalue weighted by Gasteiger charge is 2.08. The van der Waals surface area contributed by atoms with Crippen LogP contribution in [-0.2, 0) is 6.54 Å². The van der Waals surface area contributed by atoms with Gasteiger partial charge in [0.1, 0.15) is 0 Å². The van der Waals surface area contributed by atoms with Crippen LogP contribution in [-0.4, -0.2) is 25.6 Å². The van der Waals surface area contributed by atoms with Crippen molar-refractivity contribution < 1.29 is 9.90 Å². The van der Waals surface area contributed by atoms with Crippen molar-refractivity contribution in [1.29, 1.82) is 0 Å². The summed E-state index contributed by atoms with van der Waals surface area (Å²) in [6, 6.07) is 4.98. The molecule has 1 N–H and O–H groups in total. The van der Waals surface area contributed by atoms with E-state index in [1.807, 2.05) is 17.7 Å². The number of hydrogen-bond acceptors (Lipinski definition) is 4. The summed E-state index contributed by atoms with van der Waals surface area (Å²) in [6.07, 6.45) is 3.59. The largest absolute Gasteiger partial charge is 0.478 e. The standard InChI is InChI=1S/C13H11N3O2S/c1-8-14-5-10(19-8)6-16-7-15-11-4-9(13(17)18)2-3-12(11)16/h2-5,7H,6H2,1H3,(H,17,18). The van der Waals surface area contributed by atoms with E-state index in [0.717, 1.165) is 15.4 Å². The summed E-state index contributed by atoms with van der Waals surface area (Å²) in [4.78, 5) is 20.5. The van der Waals surface area contributed by atoms with Crippen LogP contribution in [0.3, 0.4) is 0 Å². The second-order valence-corrected chi connectivity index (χ2v) is 5.55. The third kappa shape index (κ3) is 2.22. The molecule has 0 amide bonds. The average molecular weight is 273 g/mol. The molecule has 0 atom stereocenters. The minimum absolute atomic E-state index is 0.256. The molecular formula is C13H11N3O2S. The maximum Gasteiger partial charge on any atom is 0.335 e. The smallest absolute Gasteiger partial charge is 0.335 e. The maximum absolute atomic E-state index is 10.9. The van der Waals surface area contributed by atoms with Crippen LogP contribution in [0.25, 0.3) is 11.0 Å². The van der Waals surface area contributed by atoms with Crippen LogP contribution >= 0.6 is 11.3 Å². The molecule has 0 aliphatic heterocycles. The number of aromatic carboxylic acids is 1. The molecule has 2 heterocycles. The number of nitrogens with zero attached hydrogens (tertiary/aromatic N) is 3. The van der Waals surface area contributed by atoms with E-state index in [4.69, 9.17) is 5.11 Å². The predicted molar refractivity (Wildman–Crippen MR) is 72.6 cm³/mol. The SMILES string of the molecule is Cc1ncc(Cn2cnc3cc(C(=O)O)ccc32)s1. The molecule has 2 aromatic heterocycles. The Morgan fingerprint density at radius 1 is 1.42 bits per heavy atom. The number of rotatable bonds is 3. The van der Waals surface area contributed by atoms with Crippen molar-refractivity contribution in [3.8, 4) is 0 Å². The van der Waals surface area contributed by atoms with E-state index < -0.39 is 5.97 Å². The summed E-state index contributed by atoms with van der Waals surface area (Å²) in [5.74, 6) is -0.936. The quantitative estimate of drug-likeness (QED) is 0.796. The minimum atomic E-state index is -0.936. The van der Waals surface area contributed by atoms with E-state index in [1.54, 1.807) is 35.9 Å². The number of carboxylic acids is 1. The van der Waals surface area contributed by atoms with Gasteiger partial charge in [-0.05, 0) is 25.1 Å². The molecule has 6 heteroatoms. The second kappa shape index (κ2) is 4.47. The predicted octanol–water partition coefficient (Wildman–Crippen LogP) is 2.55. The Labute approximate surface area is 113 Å². The lowest BCUT2D eigenvalue weighted by atomic mass is 10.2. The lowest BCUT2D eigenvalue weighted by molar-refractivity contribution is 0.0697. The molecule has 0 aliphatic carbocycles. The van der Waals surface area contributed by atoms with Crippen LogP contribution in [0.4, 0.5) is 0 Å². The fraction of sp³-hybridized carbons (Fsp3) is 0.154. The molecular weight excluding hydrogens is 262 g/mol. The number of carbonyl (C=O) groups is 1. The van der Waals surface area contributed by atoms with Gasteiger partial charge in [-0.3, -0.25) is 0 Å². The minimum Gasteiger partial charge on any atom is -0.478 e. The molecule has 5 nitrogen and oxygen atoms in total. The van der Waals surface area contributed by atoms with Gasteiger partial charge in [-0.25, -0.2) is 14.8 Å². The van der Waals surface area contributed by atoms with Crippen LogP contribution in [0, 0.1) is 6.92 Å². The second-order valence-electron chi connectivity index (χ2n) is 4.23. The molecule has 0 saturated heterocycles. The van der Waals surface area contributed by atoms with E-state index in [2.05, 4.69) is 9.97 Å². The molecule has 3 rings (SSSR count). The van der Waals surface area contributed by atoms with Crippen LogP contribution < -0.4 is 0 Å². The van der Waals surface area contributed by atoms with E-state index in [9.17, 15) is 4.79 Å². The zero-order valence-corrected chi connectivity index (χ0v) is 11.0. The molecule has 3 aromatic rings. The molecule has 0 spiro atoms. The Hall–Kier alpha value is -2.21. The average Bonchev–Trinajstić information content (AvgIpc) is 2.96. The van der Waals surface area contributed by atoms with Gasteiger partial charge in [-0.2, -0.15) is 0 Å². The Morgan fingerprint density at radius 3 is 2.95 bits per heavy atom. The fourth-order valence-electron chi connectivity index (χ4n) is 1.97. The van der Waals surface area contributed by atoms with Gasteiger partial charge in [0.25, 0.3) is 0 Å². The number of imidazole rings is 1. The Balaban J connectivity index is 1.99. The first-order valence-corrected chi connectivity index (χ1v) is 6.54. The number of aromatic nitrogens is 3. The molecule has 96 valence electrons. The zero-order chi connectivity index (χ0) is 13.4. The van der Waals surface area contributed by atoms with Gasteiger partial charge >= 0.3 is 5.97 Å². The zero-order valence-electron chi connectivity index (χ0n) is 10.2. The third-order valence-corrected chi connectivity index (χ3v) is 3.76. The third-order valence-electron chi connectivity index (χ3n) is 2.86. The summed E-state index contributed by atoms with van der Waals surface area (Å²) in [5.41, 5.74) is 1.88. The van der Waals surface area contributed by atoms with Crippen LogP contribution in [0.15, 0.2) is 30.7 Å². The fourth-order valence-corrected chi connectivity index (χ4v) is 2.76. The number of thiazole rings is 1. The number of carboxylic acid groups (broad SMARTS) is 1. The highest BCUT2D eigenvalue weighted by atomic mass is 32.1. The first-order valence-electron chi connectivity index (χ1n) is 5.73. The van der Waals surface area contributed by atoms with Crippen molar-refractivity contribution in [3.05, 3.63) is 46.2 Å². The molecule has 0 bridgehead atoms. The van der Waals surface area contributed by atoms with Crippen molar-refractivity contribution in [2.75, 3.05) is 0 Å². The van der Waals surface area contributed by atoms with Gasteiger partial charge in [-0.15, -0.1) is 11.3 Å². The number of fused-ring (bicyclic) bond motifs is 1. The van der Waals surface area contributed by atoms with Crippen LogP contribution in [0.5, 0.6) is 0 Å². The van der Waals surface area contributed by atoms with Crippen molar-refractivity contribution >= 4 is 28.3 Å². The number of benzene rings is 1. The normalized spacial score (nSPS) is 11.0. The van der Waals surface area contributed by atoms with Gasteiger partial charge in [0.05, 0.1) is 34.5 Å². The molecule has 0 aliphatic rings. The van der Waals surface area contributed by atoms with E-state index in [0.29, 0.717) is 12.1 Å². The number of hydrogen-bond donors (Lipinski definition) is 1. The highest BCUT2D eigenvalue weighted by Crippen LogP contribution is 2.19. The van der Waals surface area contributed by atoms with Gasteiger partial charge in [-0.1, -0.05) is 0 Å². The Kier molecular flexibility index (Phi) is 2.79. The maximum atomic E-state index is 10.9. The monoisotopic (exact) mass is 273 g/mol. The van der Waals surface area contributed by atoms with E-state index in [-0.39, 0.29) is 5.56 Å². The van der Waals surface area contributed by atoms with Crippen molar-refractivity contribution in [2.45, 2.75) is 13.5 Å². The van der Waals surface area contributed by atoms with Crippen LogP contribution in [0.1, 0.15) is 20.2 Å². The van der Waals surface area contributed by atoms with Crippen molar-refractivity contribution in [1.82, 2.24) is 14.5 Å². The molecule has 1 aromatic carbocycles. The molecule has 0 radical (unpaired) electrons. The van der Waals surface area contributed by atoms with E-state index >= 15 is 0 Å². The van der Waals surface area contributed by atoms with Crippen molar-refractivity contribution in [3.63, 3.8) is 0 Å². The van der Waals surface area contributed by atoms with Gasteiger partial charge < -0.3 is 9.67 Å². The summed E-state index contributed by atoms with van der Waals surface area (Å²) in [6.45, 7) is 2.67. The topological polar surface area (TPSA) is 68.0 Å². The first-order chi connectivity index (χ1) is 9.13. The van der Waals surface area contributed by atoms with Crippen molar-refractivity contribution in [2.24, 2.45) is 0 Å². The van der Waals surface area contributed by atoms with Crippen LogP contribution in [0.2, 0.25) is 0 Å². The Morgan fingerprint density at radius 2 is 2.26 bits per heavy atom. The summed E-state index contributed by atoms with van der Waals surface area (Å²) < 4.78 is 1.99. The lowest BCUT2D eigenvalue weighted by Gasteiger charge is -2.01. The van der Waals surface area contributed by atoms with E-state index in [1.165, 1.54) is 0 Å². The summed E-state index contributed by atoms with van der Waals surface area (Å²) >= 11 is 1.65. The lowest BCUT2D eigenvalue weighted by Crippen LogP contribution is -1.97. The molecule has 0 unspecified atom stereocenters. The van der Waals surface area contributed by atoms with Gasteiger partial charge in [0, 0.05) is 11.1 Å². The van der Waals surface area contributed by atoms with Gasteiger partial charge in [0.15, 0.2) is 0 Å².